The number of nitrogen functional groups attached to an aromatic ring is 1. The van der Waals surface area contributed by atoms with Gasteiger partial charge in [-0.25, -0.2) is 9.97 Å². The van der Waals surface area contributed by atoms with E-state index in [2.05, 4.69) is 20.3 Å². The molecule has 0 aliphatic heterocycles. The molecule has 0 radical (unpaired) electrons. The number of ether oxygens (including phenoxy) is 1. The Bertz CT molecular complexity index is 633. The number of nitrogens with two attached hydrogens (primary N) is 1. The van der Waals surface area contributed by atoms with Crippen molar-refractivity contribution in [2.24, 2.45) is 0 Å². The Morgan fingerprint density at radius 3 is 2.95 bits per heavy atom. The SMILES string of the molecule is COc1ncccc1CNc1ncc([N+](=O)[O-])c(N)n1. The van der Waals surface area contributed by atoms with Gasteiger partial charge < -0.3 is 15.8 Å². The van der Waals surface area contributed by atoms with E-state index in [-0.39, 0.29) is 17.5 Å². The quantitative estimate of drug-likeness (QED) is 0.610. The fourth-order valence-corrected chi connectivity index (χ4v) is 1.53. The Morgan fingerprint density at radius 2 is 2.30 bits per heavy atom. The molecule has 2 heterocycles. The maximum absolute atomic E-state index is 10.6. The van der Waals surface area contributed by atoms with Gasteiger partial charge in [0.2, 0.25) is 17.6 Å². The summed E-state index contributed by atoms with van der Waals surface area (Å²) in [7, 11) is 1.52. The van der Waals surface area contributed by atoms with Crippen LogP contribution in [0.5, 0.6) is 5.88 Å². The molecule has 0 unspecified atom stereocenters. The van der Waals surface area contributed by atoms with E-state index in [0.717, 1.165) is 11.8 Å². The Kier molecular flexibility index (Phi) is 3.89. The number of nitrogens with zero attached hydrogens (tertiary/aromatic N) is 4. The largest absolute Gasteiger partial charge is 0.481 e. The highest BCUT2D eigenvalue weighted by atomic mass is 16.6. The van der Waals surface area contributed by atoms with Crippen LogP contribution in [-0.4, -0.2) is 27.0 Å². The van der Waals surface area contributed by atoms with Gasteiger partial charge in [-0.05, 0) is 6.07 Å². The van der Waals surface area contributed by atoms with E-state index in [4.69, 9.17) is 10.5 Å². The van der Waals surface area contributed by atoms with E-state index in [0.29, 0.717) is 12.4 Å². The van der Waals surface area contributed by atoms with E-state index < -0.39 is 4.92 Å². The minimum atomic E-state index is -0.636. The summed E-state index contributed by atoms with van der Waals surface area (Å²) in [6.07, 6.45) is 2.67. The van der Waals surface area contributed by atoms with E-state index in [1.54, 1.807) is 12.3 Å². The van der Waals surface area contributed by atoms with Crippen LogP contribution < -0.4 is 15.8 Å². The number of rotatable bonds is 5. The Morgan fingerprint density at radius 1 is 1.50 bits per heavy atom. The molecule has 0 aliphatic carbocycles. The van der Waals surface area contributed by atoms with E-state index in [1.807, 2.05) is 6.07 Å². The third-order valence-corrected chi connectivity index (χ3v) is 2.47. The maximum atomic E-state index is 10.6. The second-order valence-electron chi connectivity index (χ2n) is 3.75. The molecule has 0 saturated carbocycles. The molecule has 0 amide bonds. The summed E-state index contributed by atoms with van der Waals surface area (Å²) in [5, 5.41) is 13.5. The van der Waals surface area contributed by atoms with Gasteiger partial charge in [0.25, 0.3) is 0 Å². The second kappa shape index (κ2) is 5.78. The van der Waals surface area contributed by atoms with Crippen molar-refractivity contribution in [2.75, 3.05) is 18.2 Å². The highest BCUT2D eigenvalue weighted by molar-refractivity contribution is 5.53. The van der Waals surface area contributed by atoms with Crippen LogP contribution in [0.4, 0.5) is 17.5 Å². The number of nitrogens with one attached hydrogen (secondary N) is 1. The number of nitro groups is 1. The number of anilines is 2. The number of methoxy groups -OCH3 is 1. The molecule has 9 heteroatoms. The van der Waals surface area contributed by atoms with Crippen molar-refractivity contribution in [2.45, 2.75) is 6.54 Å². The highest BCUT2D eigenvalue weighted by Crippen LogP contribution is 2.19. The molecule has 0 aromatic carbocycles. The lowest BCUT2D eigenvalue weighted by Gasteiger charge is -2.08. The van der Waals surface area contributed by atoms with Crippen LogP contribution in [0.25, 0.3) is 0 Å². The molecular formula is C11H12N6O3. The second-order valence-corrected chi connectivity index (χ2v) is 3.75. The third-order valence-electron chi connectivity index (χ3n) is 2.47. The molecule has 0 aliphatic rings. The van der Waals surface area contributed by atoms with Gasteiger partial charge in [0, 0.05) is 18.3 Å². The minimum absolute atomic E-state index is 0.189. The monoisotopic (exact) mass is 276 g/mol. The highest BCUT2D eigenvalue weighted by Gasteiger charge is 2.14. The number of hydrogen-bond donors (Lipinski definition) is 2. The molecule has 2 aromatic heterocycles. The van der Waals surface area contributed by atoms with Crippen molar-refractivity contribution in [3.63, 3.8) is 0 Å². The Hall–Kier alpha value is -2.97. The van der Waals surface area contributed by atoms with Crippen LogP contribution in [-0.2, 0) is 6.54 Å². The van der Waals surface area contributed by atoms with Gasteiger partial charge in [-0.1, -0.05) is 6.07 Å². The van der Waals surface area contributed by atoms with Crippen LogP contribution >= 0.6 is 0 Å². The van der Waals surface area contributed by atoms with Gasteiger partial charge in [-0.3, -0.25) is 10.1 Å². The van der Waals surface area contributed by atoms with Crippen molar-refractivity contribution in [3.8, 4) is 5.88 Å². The van der Waals surface area contributed by atoms with Crippen LogP contribution in [0, 0.1) is 10.1 Å². The van der Waals surface area contributed by atoms with Gasteiger partial charge in [0.05, 0.1) is 12.0 Å². The van der Waals surface area contributed by atoms with Crippen LogP contribution in [0.15, 0.2) is 24.5 Å². The summed E-state index contributed by atoms with van der Waals surface area (Å²) in [5.74, 6) is 0.486. The lowest BCUT2D eigenvalue weighted by Crippen LogP contribution is -2.08. The summed E-state index contributed by atoms with van der Waals surface area (Å²) < 4.78 is 5.10. The summed E-state index contributed by atoms with van der Waals surface area (Å²) in [5.41, 5.74) is 5.95. The third kappa shape index (κ3) is 2.88. The summed E-state index contributed by atoms with van der Waals surface area (Å²) >= 11 is 0. The number of hydrogen-bond acceptors (Lipinski definition) is 8. The van der Waals surface area contributed by atoms with E-state index >= 15 is 0 Å². The molecule has 0 bridgehead atoms. The minimum Gasteiger partial charge on any atom is -0.481 e. The normalized spacial score (nSPS) is 10.1. The number of aromatic nitrogens is 3. The van der Waals surface area contributed by atoms with Crippen molar-refractivity contribution < 1.29 is 9.66 Å². The first-order valence-corrected chi connectivity index (χ1v) is 5.60. The van der Waals surface area contributed by atoms with Gasteiger partial charge in [0.15, 0.2) is 0 Å². The zero-order valence-corrected chi connectivity index (χ0v) is 10.6. The van der Waals surface area contributed by atoms with Crippen LogP contribution in [0.1, 0.15) is 5.56 Å². The molecule has 2 aromatic rings. The average Bonchev–Trinajstić information content (AvgIpc) is 2.45. The molecule has 9 nitrogen and oxygen atoms in total. The Balaban J connectivity index is 2.11. The molecule has 0 saturated heterocycles. The zero-order valence-electron chi connectivity index (χ0n) is 10.6. The molecule has 0 fully saturated rings. The lowest BCUT2D eigenvalue weighted by atomic mass is 10.3. The summed E-state index contributed by atoms with van der Waals surface area (Å²) in [6, 6.07) is 3.60. The summed E-state index contributed by atoms with van der Waals surface area (Å²) in [6.45, 7) is 0.355. The predicted octanol–water partition coefficient (Wildman–Crippen LogP) is 0.983. The van der Waals surface area contributed by atoms with Crippen molar-refractivity contribution in [1.29, 1.82) is 0 Å². The summed E-state index contributed by atoms with van der Waals surface area (Å²) in [4.78, 5) is 21.7. The first-order chi connectivity index (χ1) is 9.61. The Labute approximate surface area is 114 Å². The fraction of sp³-hybridized carbons (Fsp3) is 0.182. The van der Waals surface area contributed by atoms with Crippen LogP contribution in [0.2, 0.25) is 0 Å². The van der Waals surface area contributed by atoms with Gasteiger partial charge >= 0.3 is 5.69 Å². The van der Waals surface area contributed by atoms with Crippen molar-refractivity contribution in [3.05, 3.63) is 40.2 Å². The smallest absolute Gasteiger partial charge is 0.329 e. The first kappa shape index (κ1) is 13.5. The van der Waals surface area contributed by atoms with Gasteiger partial charge in [-0.15, -0.1) is 0 Å². The molecular weight excluding hydrogens is 264 g/mol. The molecule has 0 spiro atoms. The maximum Gasteiger partial charge on any atom is 0.329 e. The molecule has 0 atom stereocenters. The topological polar surface area (TPSA) is 129 Å². The first-order valence-electron chi connectivity index (χ1n) is 5.60. The standard InChI is InChI=1S/C11H12N6O3/c1-20-10-7(3-2-4-13-10)5-14-11-15-6-8(17(18)19)9(12)16-11/h2-4,6H,5H2,1H3,(H3,12,14,15,16). The molecule has 20 heavy (non-hydrogen) atoms. The fourth-order valence-electron chi connectivity index (χ4n) is 1.53. The van der Waals surface area contributed by atoms with Crippen LogP contribution in [0.3, 0.4) is 0 Å². The van der Waals surface area contributed by atoms with Gasteiger partial charge in [-0.2, -0.15) is 4.98 Å². The molecule has 3 N–H and O–H groups in total. The molecule has 104 valence electrons. The average molecular weight is 276 g/mol. The number of pyridine rings is 1. The molecule has 2 rings (SSSR count). The van der Waals surface area contributed by atoms with E-state index in [9.17, 15) is 10.1 Å². The van der Waals surface area contributed by atoms with E-state index in [1.165, 1.54) is 7.11 Å². The lowest BCUT2D eigenvalue weighted by molar-refractivity contribution is -0.384. The van der Waals surface area contributed by atoms with Gasteiger partial charge in [0.1, 0.15) is 6.20 Å². The van der Waals surface area contributed by atoms with Crippen molar-refractivity contribution >= 4 is 17.5 Å². The predicted molar refractivity (Wildman–Crippen MR) is 71.2 cm³/mol. The van der Waals surface area contributed by atoms with Crippen molar-refractivity contribution in [1.82, 2.24) is 15.0 Å². The zero-order chi connectivity index (χ0) is 14.5.